The number of hydrogen-bond acceptors (Lipinski definition) is 4. The van der Waals surface area contributed by atoms with Crippen molar-refractivity contribution in [3.63, 3.8) is 0 Å². The average Bonchev–Trinajstić information content (AvgIpc) is 3.21. The fourth-order valence-electron chi connectivity index (χ4n) is 6.53. The zero-order valence-corrected chi connectivity index (χ0v) is 28.4. The predicted octanol–water partition coefficient (Wildman–Crippen LogP) is 11.1. The molecule has 6 aromatic carbocycles. The fraction of sp³-hybridized carbons (Fsp3) is 0.0652. The van der Waals surface area contributed by atoms with Crippen LogP contribution in [0.2, 0.25) is 0 Å². The van der Waals surface area contributed by atoms with E-state index in [-0.39, 0.29) is 17.2 Å². The third-order valence-corrected chi connectivity index (χ3v) is 9.28. The van der Waals surface area contributed by atoms with Crippen LogP contribution < -0.4 is 5.32 Å². The Morgan fingerprint density at radius 1 is 0.538 bits per heavy atom. The van der Waals surface area contributed by atoms with E-state index in [1.165, 1.54) is 18.2 Å². The number of alkyl halides is 2. The van der Waals surface area contributed by atoms with Crippen molar-refractivity contribution in [1.82, 2.24) is 15.3 Å². The highest BCUT2D eigenvalue weighted by atomic mass is 19.3. The monoisotopic (exact) mass is 680 g/mol. The molecule has 0 spiro atoms. The predicted molar refractivity (Wildman–Crippen MR) is 206 cm³/mol. The van der Waals surface area contributed by atoms with Crippen LogP contribution in [0.15, 0.2) is 181 Å². The van der Waals surface area contributed by atoms with Crippen LogP contribution in [0.1, 0.15) is 39.4 Å². The molecule has 252 valence electrons. The zero-order chi connectivity index (χ0) is 35.5. The Hall–Kier alpha value is -6.53. The lowest BCUT2D eigenvalue weighted by molar-refractivity contribution is 0.0422. The minimum absolute atomic E-state index is 0.0535. The molecule has 0 aliphatic carbocycles. The van der Waals surface area contributed by atoms with Gasteiger partial charge in [0.25, 0.3) is 5.92 Å². The van der Waals surface area contributed by atoms with E-state index < -0.39 is 5.92 Å². The molecule has 1 unspecified atom stereocenters. The standard InChI is InChI=1S/C46H34F2N4/c1-31-28-37(43-30-41(33-16-8-3-9-17-33)50-45(52-43)36-20-12-5-13-21-36)24-27-39(31)46(47,48)38-25-22-34(23-26-38)42-29-40(32-14-6-2-7-15-32)49-44(51-42)35-18-10-4-11-19-35/h2-30,40H,1H3,(H,49,51). The number of benzene rings is 6. The Labute approximate surface area is 301 Å². The normalized spacial score (nSPS) is 14.2. The third kappa shape index (κ3) is 6.66. The molecule has 0 saturated heterocycles. The molecule has 52 heavy (non-hydrogen) atoms. The van der Waals surface area contributed by atoms with Gasteiger partial charge >= 0.3 is 0 Å². The summed E-state index contributed by atoms with van der Waals surface area (Å²) in [6, 6.07) is 52.9. The average molecular weight is 681 g/mol. The van der Waals surface area contributed by atoms with Gasteiger partial charge in [0.15, 0.2) is 5.82 Å². The molecule has 6 heteroatoms. The quantitative estimate of drug-likeness (QED) is 0.174. The molecule has 2 heterocycles. The highest BCUT2D eigenvalue weighted by Gasteiger charge is 2.35. The molecular weight excluding hydrogens is 647 g/mol. The Morgan fingerprint density at radius 2 is 1.08 bits per heavy atom. The number of aromatic nitrogens is 2. The summed E-state index contributed by atoms with van der Waals surface area (Å²) in [5.41, 5.74) is 7.93. The molecule has 7 aromatic rings. The summed E-state index contributed by atoms with van der Waals surface area (Å²) in [5.74, 6) is -1.93. The zero-order valence-electron chi connectivity index (χ0n) is 28.4. The lowest BCUT2D eigenvalue weighted by Crippen LogP contribution is -2.27. The molecule has 0 fully saturated rings. The van der Waals surface area contributed by atoms with Gasteiger partial charge in [-0.25, -0.2) is 9.97 Å². The molecule has 0 bridgehead atoms. The van der Waals surface area contributed by atoms with Crippen LogP contribution in [0, 0.1) is 6.92 Å². The Kier molecular flexibility index (Phi) is 8.79. The maximum atomic E-state index is 16.3. The van der Waals surface area contributed by atoms with Crippen LogP contribution in [0.25, 0.3) is 39.6 Å². The maximum Gasteiger partial charge on any atom is 0.298 e. The largest absolute Gasteiger partial charge is 0.340 e. The first kappa shape index (κ1) is 32.7. The molecule has 1 aliphatic rings. The second-order valence-corrected chi connectivity index (χ2v) is 12.8. The molecule has 1 aliphatic heterocycles. The first-order valence-electron chi connectivity index (χ1n) is 17.2. The van der Waals surface area contributed by atoms with E-state index in [1.807, 2.05) is 133 Å². The van der Waals surface area contributed by atoms with Crippen molar-refractivity contribution in [1.29, 1.82) is 0 Å². The number of hydrogen-bond donors (Lipinski definition) is 1. The molecule has 4 nitrogen and oxygen atoms in total. The molecule has 0 amide bonds. The summed E-state index contributed by atoms with van der Waals surface area (Å²) in [5, 5.41) is 3.45. The second-order valence-electron chi connectivity index (χ2n) is 12.8. The van der Waals surface area contributed by atoms with Crippen molar-refractivity contribution in [2.75, 3.05) is 0 Å². The lowest BCUT2D eigenvalue weighted by atomic mass is 9.93. The Bertz CT molecular complexity index is 2330. The SMILES string of the molecule is Cc1cc(-c2cc(-c3ccccc3)nc(-c3ccccc3)n2)ccc1C(F)(F)c1ccc(C2=CC(c3ccccc3)N=C(c3ccccc3)N2)cc1. The van der Waals surface area contributed by atoms with Crippen LogP contribution in [0.5, 0.6) is 0 Å². The van der Waals surface area contributed by atoms with Crippen molar-refractivity contribution in [2.24, 2.45) is 4.99 Å². The minimum atomic E-state index is -3.23. The van der Waals surface area contributed by atoms with Gasteiger partial charge in [0, 0.05) is 39.1 Å². The van der Waals surface area contributed by atoms with Gasteiger partial charge in [-0.3, -0.25) is 4.99 Å². The topological polar surface area (TPSA) is 50.2 Å². The molecule has 8 rings (SSSR count). The van der Waals surface area contributed by atoms with Gasteiger partial charge in [0.1, 0.15) is 5.84 Å². The molecule has 1 aromatic heterocycles. The highest BCUT2D eigenvalue weighted by molar-refractivity contribution is 6.04. The van der Waals surface area contributed by atoms with Crippen LogP contribution in [-0.4, -0.2) is 15.8 Å². The van der Waals surface area contributed by atoms with Gasteiger partial charge in [0.2, 0.25) is 0 Å². The lowest BCUT2D eigenvalue weighted by Gasteiger charge is -2.24. The Morgan fingerprint density at radius 3 is 1.69 bits per heavy atom. The van der Waals surface area contributed by atoms with Gasteiger partial charge in [-0.15, -0.1) is 0 Å². The molecular formula is C46H34F2N4. The van der Waals surface area contributed by atoms with Crippen molar-refractivity contribution < 1.29 is 8.78 Å². The second kappa shape index (κ2) is 14.0. The maximum absolute atomic E-state index is 16.3. The summed E-state index contributed by atoms with van der Waals surface area (Å²) in [4.78, 5) is 14.7. The number of halogens is 2. The number of aryl methyl sites for hydroxylation is 1. The van der Waals surface area contributed by atoms with E-state index in [1.54, 1.807) is 31.2 Å². The van der Waals surface area contributed by atoms with E-state index in [2.05, 4.69) is 5.32 Å². The fourth-order valence-corrected chi connectivity index (χ4v) is 6.53. The van der Waals surface area contributed by atoms with Gasteiger partial charge in [0.05, 0.1) is 17.4 Å². The molecule has 1 N–H and O–H groups in total. The summed E-state index contributed by atoms with van der Waals surface area (Å²) >= 11 is 0. The van der Waals surface area contributed by atoms with E-state index in [9.17, 15) is 0 Å². The van der Waals surface area contributed by atoms with Crippen LogP contribution in [0.4, 0.5) is 8.78 Å². The van der Waals surface area contributed by atoms with Gasteiger partial charge in [-0.2, -0.15) is 8.78 Å². The molecule has 0 radical (unpaired) electrons. The van der Waals surface area contributed by atoms with Crippen molar-refractivity contribution in [3.05, 3.63) is 209 Å². The number of nitrogens with zero attached hydrogens (tertiary/aromatic N) is 3. The summed E-state index contributed by atoms with van der Waals surface area (Å²) in [6.45, 7) is 1.73. The van der Waals surface area contributed by atoms with Gasteiger partial charge in [-0.05, 0) is 41.8 Å². The van der Waals surface area contributed by atoms with Crippen molar-refractivity contribution in [3.8, 4) is 33.9 Å². The minimum Gasteiger partial charge on any atom is -0.340 e. The first-order chi connectivity index (χ1) is 25.4. The number of rotatable bonds is 8. The number of nitrogens with one attached hydrogen (secondary N) is 1. The van der Waals surface area contributed by atoms with Crippen molar-refractivity contribution in [2.45, 2.75) is 18.9 Å². The van der Waals surface area contributed by atoms with E-state index in [0.717, 1.165) is 50.6 Å². The summed E-state index contributed by atoms with van der Waals surface area (Å²) < 4.78 is 32.6. The number of aliphatic imine (C=N–C) groups is 1. The molecule has 1 atom stereocenters. The summed E-state index contributed by atoms with van der Waals surface area (Å²) in [6.07, 6.45) is 2.04. The molecule has 0 saturated carbocycles. The smallest absolute Gasteiger partial charge is 0.298 e. The van der Waals surface area contributed by atoms with E-state index in [0.29, 0.717) is 17.1 Å². The first-order valence-corrected chi connectivity index (χ1v) is 17.2. The summed E-state index contributed by atoms with van der Waals surface area (Å²) in [7, 11) is 0. The van der Waals surface area contributed by atoms with E-state index >= 15 is 8.78 Å². The van der Waals surface area contributed by atoms with Crippen molar-refractivity contribution >= 4 is 11.5 Å². The van der Waals surface area contributed by atoms with Crippen LogP contribution in [-0.2, 0) is 5.92 Å². The van der Waals surface area contributed by atoms with E-state index in [4.69, 9.17) is 15.0 Å². The Balaban J connectivity index is 1.10. The van der Waals surface area contributed by atoms with Gasteiger partial charge in [-0.1, -0.05) is 158 Å². The number of amidine groups is 1. The highest BCUT2D eigenvalue weighted by Crippen LogP contribution is 2.40. The van der Waals surface area contributed by atoms with Crippen LogP contribution >= 0.6 is 0 Å². The van der Waals surface area contributed by atoms with Crippen LogP contribution in [0.3, 0.4) is 0 Å². The third-order valence-electron chi connectivity index (χ3n) is 9.28. The van der Waals surface area contributed by atoms with Gasteiger partial charge < -0.3 is 5.32 Å².